The van der Waals surface area contributed by atoms with E-state index >= 15 is 0 Å². The molecule has 0 spiro atoms. The molecule has 6 heteroatoms. The van der Waals surface area contributed by atoms with Crippen LogP contribution in [0.4, 0.5) is 5.69 Å². The van der Waals surface area contributed by atoms with Gasteiger partial charge in [0.15, 0.2) is 0 Å². The Balaban J connectivity index is 1.44. The van der Waals surface area contributed by atoms with Crippen LogP contribution in [0.15, 0.2) is 76.3 Å². The molecule has 0 aromatic heterocycles. The van der Waals surface area contributed by atoms with Gasteiger partial charge in [-0.25, -0.2) is 5.43 Å². The van der Waals surface area contributed by atoms with E-state index in [1.54, 1.807) is 12.3 Å². The summed E-state index contributed by atoms with van der Waals surface area (Å²) in [4.78, 5) is 14.7. The Hall–Kier alpha value is -2.63. The van der Waals surface area contributed by atoms with Crippen LogP contribution in [0.2, 0.25) is 5.02 Å². The zero-order valence-electron chi connectivity index (χ0n) is 14.9. The lowest BCUT2D eigenvalue weighted by molar-refractivity contribution is 0.0955. The van der Waals surface area contributed by atoms with Crippen LogP contribution in [0, 0.1) is 0 Å². The molecule has 140 valence electrons. The van der Waals surface area contributed by atoms with Crippen LogP contribution in [-0.4, -0.2) is 12.1 Å². The molecule has 1 aliphatic rings. The topological polar surface area (TPSA) is 44.7 Å². The summed E-state index contributed by atoms with van der Waals surface area (Å²) in [6, 6.07) is 21.4. The number of nitrogens with zero attached hydrogens (tertiary/aromatic N) is 2. The average molecular weight is 455 g/mol. The van der Waals surface area contributed by atoms with Gasteiger partial charge in [0.1, 0.15) is 0 Å². The molecule has 1 amide bonds. The van der Waals surface area contributed by atoms with Crippen molar-refractivity contribution in [1.82, 2.24) is 5.43 Å². The van der Waals surface area contributed by atoms with Crippen molar-refractivity contribution >= 4 is 45.3 Å². The molecular weight excluding hydrogens is 438 g/mol. The SMILES string of the molecule is O=C(N/N=C/c1ccccc1Cl)c1ccc2c(c1)CN(c1ccc(Br)cc1)C2. The monoisotopic (exact) mass is 453 g/mol. The molecule has 1 N–H and O–H groups in total. The van der Waals surface area contributed by atoms with Gasteiger partial charge in [-0.05, 0) is 53.6 Å². The first-order valence-corrected chi connectivity index (χ1v) is 9.97. The molecular formula is C22H17BrClN3O. The highest BCUT2D eigenvalue weighted by Crippen LogP contribution is 2.29. The number of hydrazone groups is 1. The molecule has 4 nitrogen and oxygen atoms in total. The molecule has 0 saturated heterocycles. The summed E-state index contributed by atoms with van der Waals surface area (Å²) < 4.78 is 1.06. The molecule has 28 heavy (non-hydrogen) atoms. The minimum atomic E-state index is -0.242. The van der Waals surface area contributed by atoms with Gasteiger partial charge >= 0.3 is 0 Å². The van der Waals surface area contributed by atoms with E-state index in [4.69, 9.17) is 11.6 Å². The van der Waals surface area contributed by atoms with Gasteiger partial charge < -0.3 is 4.90 Å². The number of hydrogen-bond acceptors (Lipinski definition) is 3. The van der Waals surface area contributed by atoms with E-state index in [1.807, 2.05) is 48.5 Å². The third-order valence-corrected chi connectivity index (χ3v) is 5.53. The molecule has 0 saturated carbocycles. The second-order valence-electron chi connectivity index (χ2n) is 6.54. The molecule has 3 aromatic carbocycles. The Morgan fingerprint density at radius 3 is 2.57 bits per heavy atom. The van der Waals surface area contributed by atoms with Crippen molar-refractivity contribution in [2.45, 2.75) is 13.1 Å². The summed E-state index contributed by atoms with van der Waals surface area (Å²) >= 11 is 9.55. The highest BCUT2D eigenvalue weighted by molar-refractivity contribution is 9.10. The predicted octanol–water partition coefficient (Wildman–Crippen LogP) is 5.39. The number of anilines is 1. The number of rotatable bonds is 4. The van der Waals surface area contributed by atoms with Crippen LogP contribution in [-0.2, 0) is 13.1 Å². The molecule has 1 heterocycles. The molecule has 0 radical (unpaired) electrons. The van der Waals surface area contributed by atoms with Gasteiger partial charge in [-0.1, -0.05) is 51.8 Å². The lowest BCUT2D eigenvalue weighted by atomic mass is 10.1. The maximum Gasteiger partial charge on any atom is 0.271 e. The van der Waals surface area contributed by atoms with E-state index in [1.165, 1.54) is 5.56 Å². The maximum absolute atomic E-state index is 12.4. The van der Waals surface area contributed by atoms with Crippen molar-refractivity contribution in [2.24, 2.45) is 5.10 Å². The molecule has 0 bridgehead atoms. The van der Waals surface area contributed by atoms with Gasteiger partial charge in [-0.2, -0.15) is 5.10 Å². The number of halogens is 2. The number of hydrogen-bond donors (Lipinski definition) is 1. The van der Waals surface area contributed by atoms with E-state index < -0.39 is 0 Å². The fourth-order valence-corrected chi connectivity index (χ4v) is 3.62. The minimum absolute atomic E-state index is 0.242. The van der Waals surface area contributed by atoms with E-state index in [-0.39, 0.29) is 5.91 Å². The summed E-state index contributed by atoms with van der Waals surface area (Å²) in [5, 5.41) is 4.61. The van der Waals surface area contributed by atoms with Gasteiger partial charge in [-0.15, -0.1) is 0 Å². The highest BCUT2D eigenvalue weighted by atomic mass is 79.9. The van der Waals surface area contributed by atoms with Crippen molar-refractivity contribution in [3.05, 3.63) is 98.5 Å². The highest BCUT2D eigenvalue weighted by Gasteiger charge is 2.20. The third-order valence-electron chi connectivity index (χ3n) is 4.66. The predicted molar refractivity (Wildman–Crippen MR) is 117 cm³/mol. The van der Waals surface area contributed by atoms with E-state index in [0.29, 0.717) is 10.6 Å². The molecule has 1 aliphatic heterocycles. The van der Waals surface area contributed by atoms with Gasteiger partial charge in [0.05, 0.1) is 6.21 Å². The quantitative estimate of drug-likeness (QED) is 0.424. The summed E-state index contributed by atoms with van der Waals surface area (Å²) in [5.74, 6) is -0.242. The van der Waals surface area contributed by atoms with Crippen LogP contribution in [0.25, 0.3) is 0 Å². The average Bonchev–Trinajstić information content (AvgIpc) is 3.13. The normalized spacial score (nSPS) is 13.0. The fraction of sp³-hybridized carbons (Fsp3) is 0.0909. The second-order valence-corrected chi connectivity index (χ2v) is 7.86. The Morgan fingerprint density at radius 1 is 1.04 bits per heavy atom. The second kappa shape index (κ2) is 8.17. The first kappa shape index (κ1) is 18.7. The zero-order chi connectivity index (χ0) is 19.5. The first-order valence-electron chi connectivity index (χ1n) is 8.80. The van der Waals surface area contributed by atoms with Crippen molar-refractivity contribution in [3.63, 3.8) is 0 Å². The largest absolute Gasteiger partial charge is 0.363 e. The minimum Gasteiger partial charge on any atom is -0.363 e. The van der Waals surface area contributed by atoms with Crippen LogP contribution in [0.5, 0.6) is 0 Å². The van der Waals surface area contributed by atoms with Gasteiger partial charge in [-0.3, -0.25) is 4.79 Å². The smallest absolute Gasteiger partial charge is 0.271 e. The number of carbonyl (C=O) groups is 1. The van der Waals surface area contributed by atoms with E-state index in [2.05, 4.69) is 43.5 Å². The summed E-state index contributed by atoms with van der Waals surface area (Å²) in [5.41, 5.74) is 7.47. The van der Waals surface area contributed by atoms with Crippen LogP contribution in [0.1, 0.15) is 27.0 Å². The van der Waals surface area contributed by atoms with Crippen LogP contribution >= 0.6 is 27.5 Å². The van der Waals surface area contributed by atoms with Crippen LogP contribution < -0.4 is 10.3 Å². The van der Waals surface area contributed by atoms with Crippen molar-refractivity contribution in [3.8, 4) is 0 Å². The van der Waals surface area contributed by atoms with E-state index in [9.17, 15) is 4.79 Å². The van der Waals surface area contributed by atoms with Crippen molar-refractivity contribution < 1.29 is 4.79 Å². The zero-order valence-corrected chi connectivity index (χ0v) is 17.2. The summed E-state index contributed by atoms with van der Waals surface area (Å²) in [6.07, 6.45) is 1.54. The Labute approximate surface area is 177 Å². The third kappa shape index (κ3) is 4.11. The van der Waals surface area contributed by atoms with Crippen molar-refractivity contribution in [1.29, 1.82) is 0 Å². The summed E-state index contributed by atoms with van der Waals surface area (Å²) in [6.45, 7) is 1.62. The lowest BCUT2D eigenvalue weighted by Crippen LogP contribution is -2.18. The Bertz CT molecular complexity index is 1050. The molecule has 0 aliphatic carbocycles. The lowest BCUT2D eigenvalue weighted by Gasteiger charge is -2.17. The Kier molecular flexibility index (Phi) is 5.46. The number of fused-ring (bicyclic) bond motifs is 1. The number of amides is 1. The molecule has 0 unspecified atom stereocenters. The number of benzene rings is 3. The van der Waals surface area contributed by atoms with Gasteiger partial charge in [0, 0.05) is 39.4 Å². The first-order chi connectivity index (χ1) is 13.6. The number of nitrogens with one attached hydrogen (secondary N) is 1. The van der Waals surface area contributed by atoms with Crippen LogP contribution in [0.3, 0.4) is 0 Å². The van der Waals surface area contributed by atoms with Gasteiger partial charge in [0.25, 0.3) is 5.91 Å². The molecule has 0 fully saturated rings. The maximum atomic E-state index is 12.4. The van der Waals surface area contributed by atoms with E-state index in [0.717, 1.165) is 34.4 Å². The molecule has 3 aromatic rings. The molecule has 4 rings (SSSR count). The number of carbonyl (C=O) groups excluding carboxylic acids is 1. The van der Waals surface area contributed by atoms with Crippen molar-refractivity contribution in [2.75, 3.05) is 4.90 Å². The Morgan fingerprint density at radius 2 is 1.79 bits per heavy atom. The standard InChI is InChI=1S/C22H17BrClN3O/c23-19-7-9-20(10-8-19)27-13-17-6-5-15(11-18(17)14-27)22(28)26-25-12-16-3-1-2-4-21(16)24/h1-12H,13-14H2,(H,26,28)/b25-12+. The molecule has 0 atom stereocenters. The summed E-state index contributed by atoms with van der Waals surface area (Å²) in [7, 11) is 0. The van der Waals surface area contributed by atoms with Gasteiger partial charge in [0.2, 0.25) is 0 Å². The fourth-order valence-electron chi connectivity index (χ4n) is 3.18.